The van der Waals surface area contributed by atoms with Crippen LogP contribution in [0.2, 0.25) is 0 Å². The fraction of sp³-hybridized carbons (Fsp3) is 0.375. The maximum absolute atomic E-state index is 6.42. The lowest BCUT2D eigenvalue weighted by Gasteiger charge is -2.11. The Labute approximate surface area is 124 Å². The number of pyridine rings is 1. The highest BCUT2D eigenvalue weighted by Gasteiger charge is 2.15. The molecule has 0 saturated carbocycles. The van der Waals surface area contributed by atoms with Gasteiger partial charge < -0.3 is 5.73 Å². The molecule has 0 aromatic carbocycles. The van der Waals surface area contributed by atoms with Gasteiger partial charge in [0.25, 0.3) is 0 Å². The molecule has 1 unspecified atom stereocenters. The maximum atomic E-state index is 6.42. The van der Waals surface area contributed by atoms with Gasteiger partial charge in [0.15, 0.2) is 0 Å². The Morgan fingerprint density at radius 2 is 2.14 bits per heavy atom. The second kappa shape index (κ2) is 5.69. The predicted octanol–water partition coefficient (Wildman–Crippen LogP) is 2.36. The van der Waals surface area contributed by atoms with Crippen molar-refractivity contribution < 1.29 is 0 Å². The standard InChI is InChI=1S/C16H21N5/c1-3-12-9-13(20(4-2)19-12)10-15(17)14-11-18-21-8-6-5-7-16(14)21/h5-9,11,15H,3-4,10,17H2,1-2H3. The molecule has 0 bridgehead atoms. The van der Waals surface area contributed by atoms with Crippen LogP contribution >= 0.6 is 0 Å². The van der Waals surface area contributed by atoms with Crippen LogP contribution in [0.4, 0.5) is 0 Å². The second-order valence-electron chi connectivity index (χ2n) is 5.24. The Balaban J connectivity index is 1.89. The Bertz CT molecular complexity index is 740. The number of nitrogens with two attached hydrogens (primary N) is 1. The van der Waals surface area contributed by atoms with Gasteiger partial charge in [-0.2, -0.15) is 10.2 Å². The van der Waals surface area contributed by atoms with Gasteiger partial charge in [0.1, 0.15) is 0 Å². The summed E-state index contributed by atoms with van der Waals surface area (Å²) < 4.78 is 3.91. The highest BCUT2D eigenvalue weighted by atomic mass is 15.3. The van der Waals surface area contributed by atoms with Crippen LogP contribution in [0.3, 0.4) is 0 Å². The molecule has 0 fully saturated rings. The fourth-order valence-corrected chi connectivity index (χ4v) is 2.70. The van der Waals surface area contributed by atoms with E-state index in [4.69, 9.17) is 5.73 Å². The summed E-state index contributed by atoms with van der Waals surface area (Å²) in [6.45, 7) is 5.10. The number of hydrogen-bond acceptors (Lipinski definition) is 3. The molecule has 3 heterocycles. The summed E-state index contributed by atoms with van der Waals surface area (Å²) in [7, 11) is 0. The molecule has 0 amide bonds. The van der Waals surface area contributed by atoms with E-state index in [0.29, 0.717) is 0 Å². The van der Waals surface area contributed by atoms with Gasteiger partial charge in [0.2, 0.25) is 0 Å². The molecule has 0 saturated heterocycles. The number of rotatable bonds is 5. The Kier molecular flexibility index (Phi) is 3.75. The summed E-state index contributed by atoms with van der Waals surface area (Å²) in [5, 5.41) is 8.94. The molecule has 0 spiro atoms. The van der Waals surface area contributed by atoms with Gasteiger partial charge in [-0.25, -0.2) is 4.52 Å². The summed E-state index contributed by atoms with van der Waals surface area (Å²) in [5.74, 6) is 0. The van der Waals surface area contributed by atoms with E-state index >= 15 is 0 Å². The van der Waals surface area contributed by atoms with Crippen molar-refractivity contribution in [3.05, 3.63) is 53.6 Å². The number of aryl methyl sites for hydroxylation is 2. The maximum Gasteiger partial charge on any atom is 0.0709 e. The van der Waals surface area contributed by atoms with E-state index in [0.717, 1.165) is 36.2 Å². The van der Waals surface area contributed by atoms with Gasteiger partial charge in [0, 0.05) is 36.5 Å². The molecular formula is C16H21N5. The lowest BCUT2D eigenvalue weighted by molar-refractivity contribution is 0.586. The molecule has 3 rings (SSSR count). The first-order valence-electron chi connectivity index (χ1n) is 7.46. The minimum Gasteiger partial charge on any atom is -0.324 e. The van der Waals surface area contributed by atoms with Crippen LogP contribution in [0.15, 0.2) is 36.7 Å². The third kappa shape index (κ3) is 2.56. The molecule has 5 heteroatoms. The van der Waals surface area contributed by atoms with Gasteiger partial charge >= 0.3 is 0 Å². The molecule has 3 aromatic heterocycles. The Hall–Kier alpha value is -2.14. The van der Waals surface area contributed by atoms with Crippen LogP contribution in [0.25, 0.3) is 5.52 Å². The Morgan fingerprint density at radius 3 is 2.90 bits per heavy atom. The van der Waals surface area contributed by atoms with Crippen LogP contribution in [0.5, 0.6) is 0 Å². The Morgan fingerprint density at radius 1 is 1.29 bits per heavy atom. The number of nitrogens with zero attached hydrogens (tertiary/aromatic N) is 4. The topological polar surface area (TPSA) is 61.1 Å². The van der Waals surface area contributed by atoms with Crippen molar-refractivity contribution in [3.63, 3.8) is 0 Å². The lowest BCUT2D eigenvalue weighted by Crippen LogP contribution is -2.16. The molecule has 110 valence electrons. The SMILES string of the molecule is CCc1cc(CC(N)c2cnn3ccccc23)n(CC)n1. The predicted molar refractivity (Wildman–Crippen MR) is 83.1 cm³/mol. The van der Waals surface area contributed by atoms with E-state index in [9.17, 15) is 0 Å². The largest absolute Gasteiger partial charge is 0.324 e. The highest BCUT2D eigenvalue weighted by Crippen LogP contribution is 2.21. The highest BCUT2D eigenvalue weighted by molar-refractivity contribution is 5.54. The molecular weight excluding hydrogens is 262 g/mol. The third-order valence-corrected chi connectivity index (χ3v) is 3.86. The second-order valence-corrected chi connectivity index (χ2v) is 5.24. The van der Waals surface area contributed by atoms with Crippen LogP contribution < -0.4 is 5.73 Å². The summed E-state index contributed by atoms with van der Waals surface area (Å²) in [4.78, 5) is 0. The average molecular weight is 283 g/mol. The van der Waals surface area contributed by atoms with E-state index in [2.05, 4.69) is 36.2 Å². The smallest absolute Gasteiger partial charge is 0.0709 e. The zero-order valence-electron chi connectivity index (χ0n) is 12.5. The van der Waals surface area contributed by atoms with Crippen LogP contribution in [-0.2, 0) is 19.4 Å². The van der Waals surface area contributed by atoms with Crippen molar-refractivity contribution in [1.82, 2.24) is 19.4 Å². The van der Waals surface area contributed by atoms with Gasteiger partial charge in [-0.1, -0.05) is 13.0 Å². The van der Waals surface area contributed by atoms with Crippen molar-refractivity contribution in [1.29, 1.82) is 0 Å². The van der Waals surface area contributed by atoms with Crippen molar-refractivity contribution in [3.8, 4) is 0 Å². The minimum atomic E-state index is -0.0726. The fourth-order valence-electron chi connectivity index (χ4n) is 2.70. The van der Waals surface area contributed by atoms with Gasteiger partial charge in [0.05, 0.1) is 17.4 Å². The molecule has 21 heavy (non-hydrogen) atoms. The summed E-state index contributed by atoms with van der Waals surface area (Å²) in [5.41, 5.74) is 10.9. The molecule has 0 aliphatic heterocycles. The van der Waals surface area contributed by atoms with Crippen molar-refractivity contribution in [2.75, 3.05) is 0 Å². The first-order chi connectivity index (χ1) is 10.2. The summed E-state index contributed by atoms with van der Waals surface area (Å²) in [6.07, 6.45) is 5.54. The number of aromatic nitrogens is 4. The van der Waals surface area contributed by atoms with E-state index in [1.165, 1.54) is 5.69 Å². The van der Waals surface area contributed by atoms with E-state index < -0.39 is 0 Å². The molecule has 3 aromatic rings. The minimum absolute atomic E-state index is 0.0726. The lowest BCUT2D eigenvalue weighted by atomic mass is 10.0. The van der Waals surface area contributed by atoms with Crippen LogP contribution in [0, 0.1) is 0 Å². The normalized spacial score (nSPS) is 12.9. The zero-order chi connectivity index (χ0) is 14.8. The van der Waals surface area contributed by atoms with Crippen molar-refractivity contribution in [2.45, 2.75) is 39.3 Å². The van der Waals surface area contributed by atoms with Gasteiger partial charge in [-0.15, -0.1) is 0 Å². The average Bonchev–Trinajstić information content (AvgIpc) is 3.10. The van der Waals surface area contributed by atoms with Crippen molar-refractivity contribution >= 4 is 5.52 Å². The first-order valence-corrected chi connectivity index (χ1v) is 7.46. The van der Waals surface area contributed by atoms with E-state index in [1.807, 2.05) is 33.7 Å². The van der Waals surface area contributed by atoms with E-state index in [-0.39, 0.29) is 6.04 Å². The monoisotopic (exact) mass is 283 g/mol. The van der Waals surface area contributed by atoms with Crippen LogP contribution in [0.1, 0.15) is 36.8 Å². The zero-order valence-corrected chi connectivity index (χ0v) is 12.5. The molecule has 5 nitrogen and oxygen atoms in total. The van der Waals surface area contributed by atoms with Crippen molar-refractivity contribution in [2.24, 2.45) is 5.73 Å². The molecule has 1 atom stereocenters. The summed E-state index contributed by atoms with van der Waals surface area (Å²) >= 11 is 0. The molecule has 0 aliphatic carbocycles. The summed E-state index contributed by atoms with van der Waals surface area (Å²) in [6, 6.07) is 8.12. The van der Waals surface area contributed by atoms with Gasteiger partial charge in [-0.05, 0) is 31.5 Å². The molecule has 0 radical (unpaired) electrons. The number of hydrogen-bond donors (Lipinski definition) is 1. The molecule has 2 N–H and O–H groups in total. The number of fused-ring (bicyclic) bond motifs is 1. The van der Waals surface area contributed by atoms with Gasteiger partial charge in [-0.3, -0.25) is 4.68 Å². The van der Waals surface area contributed by atoms with E-state index in [1.54, 1.807) is 0 Å². The van der Waals surface area contributed by atoms with Crippen LogP contribution in [-0.4, -0.2) is 19.4 Å². The molecule has 0 aliphatic rings. The quantitative estimate of drug-likeness (QED) is 0.782. The first kappa shape index (κ1) is 13.8. The third-order valence-electron chi connectivity index (χ3n) is 3.86.